The molecule has 0 unspecified atom stereocenters. The Bertz CT molecular complexity index is 626. The molecule has 0 aliphatic rings. The van der Waals surface area contributed by atoms with Crippen LogP contribution in [0.15, 0.2) is 43.1 Å². The first-order valence-electron chi connectivity index (χ1n) is 7.36. The first kappa shape index (κ1) is 15.5. The van der Waals surface area contributed by atoms with E-state index in [-0.39, 0.29) is 5.54 Å². The smallest absolute Gasteiger partial charge is 0.136 e. The van der Waals surface area contributed by atoms with Crippen molar-refractivity contribution in [2.24, 2.45) is 0 Å². The fraction of sp³-hybridized carbons (Fsp3) is 0.389. The van der Waals surface area contributed by atoms with Gasteiger partial charge >= 0.3 is 0 Å². The van der Waals surface area contributed by atoms with Crippen molar-refractivity contribution < 1.29 is 0 Å². The molecule has 0 fully saturated rings. The van der Waals surface area contributed by atoms with Crippen molar-refractivity contribution in [1.29, 1.82) is 0 Å². The van der Waals surface area contributed by atoms with E-state index in [0.29, 0.717) is 0 Å². The fourth-order valence-corrected chi connectivity index (χ4v) is 2.32. The Kier molecular flexibility index (Phi) is 4.63. The third-order valence-corrected chi connectivity index (χ3v) is 3.43. The summed E-state index contributed by atoms with van der Waals surface area (Å²) < 4.78 is 0. The number of benzene rings is 1. The Morgan fingerprint density at radius 1 is 1.24 bits per heavy atom. The van der Waals surface area contributed by atoms with Crippen molar-refractivity contribution in [3.05, 3.63) is 48.7 Å². The van der Waals surface area contributed by atoms with Crippen molar-refractivity contribution >= 4 is 16.6 Å². The zero-order valence-corrected chi connectivity index (χ0v) is 13.5. The van der Waals surface area contributed by atoms with Crippen LogP contribution in [-0.2, 0) is 6.54 Å². The second-order valence-electron chi connectivity index (χ2n) is 6.43. The van der Waals surface area contributed by atoms with E-state index in [1.54, 1.807) is 0 Å². The van der Waals surface area contributed by atoms with Gasteiger partial charge in [-0.05, 0) is 31.7 Å². The lowest BCUT2D eigenvalue weighted by molar-refractivity contribution is 0.425. The van der Waals surface area contributed by atoms with Gasteiger partial charge in [0.2, 0.25) is 0 Å². The molecular weight excluding hydrogens is 258 g/mol. The first-order chi connectivity index (χ1) is 9.92. The van der Waals surface area contributed by atoms with Gasteiger partial charge in [-0.3, -0.25) is 0 Å². The summed E-state index contributed by atoms with van der Waals surface area (Å²) in [6.07, 6.45) is 3.88. The molecule has 112 valence electrons. The monoisotopic (exact) mass is 283 g/mol. The summed E-state index contributed by atoms with van der Waals surface area (Å²) in [7, 11) is 2.05. The Morgan fingerprint density at radius 2 is 1.90 bits per heavy atom. The lowest BCUT2D eigenvalue weighted by atomic mass is 10.0. The molecule has 2 aromatic rings. The predicted octanol–water partition coefficient (Wildman–Crippen LogP) is 3.75. The van der Waals surface area contributed by atoms with Crippen LogP contribution >= 0.6 is 0 Å². The largest absolute Gasteiger partial charge is 0.355 e. The van der Waals surface area contributed by atoms with E-state index < -0.39 is 0 Å². The van der Waals surface area contributed by atoms with Crippen LogP contribution in [0, 0.1) is 0 Å². The van der Waals surface area contributed by atoms with Crippen LogP contribution < -0.4 is 10.2 Å². The molecule has 0 bridgehead atoms. The maximum atomic E-state index is 4.66. The highest BCUT2D eigenvalue weighted by Crippen LogP contribution is 2.26. The van der Waals surface area contributed by atoms with Crippen molar-refractivity contribution in [3.63, 3.8) is 0 Å². The van der Waals surface area contributed by atoms with E-state index >= 15 is 0 Å². The Balaban J connectivity index is 2.42. The first-order valence-corrected chi connectivity index (χ1v) is 7.36. The minimum absolute atomic E-state index is 0.0966. The summed E-state index contributed by atoms with van der Waals surface area (Å²) >= 11 is 0. The highest BCUT2D eigenvalue weighted by molar-refractivity contribution is 5.94. The van der Waals surface area contributed by atoms with Gasteiger partial charge in [-0.25, -0.2) is 4.98 Å². The molecule has 0 atom stereocenters. The summed E-state index contributed by atoms with van der Waals surface area (Å²) in [5.74, 6) is 1.00. The number of anilines is 1. The van der Waals surface area contributed by atoms with E-state index in [4.69, 9.17) is 0 Å². The minimum atomic E-state index is 0.0966. The molecule has 1 aromatic carbocycles. The topological polar surface area (TPSA) is 28.2 Å². The quantitative estimate of drug-likeness (QED) is 0.847. The van der Waals surface area contributed by atoms with Crippen molar-refractivity contribution in [2.75, 3.05) is 18.5 Å². The molecule has 0 amide bonds. The molecule has 0 aliphatic carbocycles. The molecule has 21 heavy (non-hydrogen) atoms. The van der Waals surface area contributed by atoms with Crippen molar-refractivity contribution in [2.45, 2.75) is 32.9 Å². The maximum Gasteiger partial charge on any atom is 0.136 e. The third-order valence-electron chi connectivity index (χ3n) is 3.43. The van der Waals surface area contributed by atoms with Crippen LogP contribution in [0.25, 0.3) is 10.8 Å². The number of fused-ring (bicyclic) bond motifs is 1. The van der Waals surface area contributed by atoms with E-state index in [9.17, 15) is 0 Å². The molecule has 0 saturated heterocycles. The number of rotatable bonds is 5. The van der Waals surface area contributed by atoms with E-state index in [1.807, 2.05) is 19.3 Å². The Morgan fingerprint density at radius 3 is 2.52 bits per heavy atom. The lowest BCUT2D eigenvalue weighted by Gasteiger charge is -2.23. The van der Waals surface area contributed by atoms with Gasteiger partial charge in [-0.15, -0.1) is 6.58 Å². The van der Waals surface area contributed by atoms with Crippen LogP contribution in [0.3, 0.4) is 0 Å². The molecular formula is C18H25N3. The number of aromatic nitrogens is 1. The predicted molar refractivity (Wildman–Crippen MR) is 91.8 cm³/mol. The number of nitrogens with zero attached hydrogens (tertiary/aromatic N) is 2. The number of nitrogens with one attached hydrogen (secondary N) is 1. The van der Waals surface area contributed by atoms with Crippen LogP contribution in [0.4, 0.5) is 5.82 Å². The highest BCUT2D eigenvalue weighted by Gasteiger charge is 2.13. The van der Waals surface area contributed by atoms with Gasteiger partial charge in [-0.1, -0.05) is 30.3 Å². The van der Waals surface area contributed by atoms with E-state index in [0.717, 1.165) is 18.9 Å². The van der Waals surface area contributed by atoms with Crippen LogP contribution in [-0.4, -0.2) is 24.1 Å². The molecule has 1 heterocycles. The molecule has 0 radical (unpaired) electrons. The number of hydrogen-bond donors (Lipinski definition) is 1. The summed E-state index contributed by atoms with van der Waals surface area (Å²) in [6, 6.07) is 8.45. The second-order valence-corrected chi connectivity index (χ2v) is 6.43. The Hall–Kier alpha value is -1.87. The summed E-state index contributed by atoms with van der Waals surface area (Å²) in [5.41, 5.74) is 1.33. The van der Waals surface area contributed by atoms with Gasteiger partial charge < -0.3 is 10.2 Å². The number of hydrogen-bond acceptors (Lipinski definition) is 3. The zero-order valence-electron chi connectivity index (χ0n) is 13.5. The molecule has 3 nitrogen and oxygen atoms in total. The standard InChI is InChI=1S/C18H25N3/c1-6-11-21(5)17-16-10-8-7-9-15(16)14(12-19-17)13-20-18(2,3)4/h6-10,12,20H,1,11,13H2,2-5H3. The summed E-state index contributed by atoms with van der Waals surface area (Å²) in [5, 5.41) is 5.98. The molecule has 3 heteroatoms. The van der Waals surface area contributed by atoms with Gasteiger partial charge in [0.25, 0.3) is 0 Å². The summed E-state index contributed by atoms with van der Waals surface area (Å²) in [6.45, 7) is 11.9. The average molecular weight is 283 g/mol. The minimum Gasteiger partial charge on any atom is -0.355 e. The molecule has 0 aliphatic heterocycles. The normalized spacial score (nSPS) is 11.6. The van der Waals surface area contributed by atoms with Crippen LogP contribution in [0.2, 0.25) is 0 Å². The van der Waals surface area contributed by atoms with E-state index in [2.05, 4.69) is 66.8 Å². The SMILES string of the molecule is C=CCN(C)c1ncc(CNC(C)(C)C)c2ccccc12. The van der Waals surface area contributed by atoms with Gasteiger partial charge in [-0.2, -0.15) is 0 Å². The fourth-order valence-electron chi connectivity index (χ4n) is 2.32. The maximum absolute atomic E-state index is 4.66. The zero-order chi connectivity index (χ0) is 15.5. The third kappa shape index (κ3) is 3.82. The van der Waals surface area contributed by atoms with E-state index in [1.165, 1.54) is 16.3 Å². The second kappa shape index (κ2) is 6.27. The molecule has 1 N–H and O–H groups in total. The molecule has 2 rings (SSSR count). The van der Waals surface area contributed by atoms with Gasteiger partial charge in [0.1, 0.15) is 5.82 Å². The van der Waals surface area contributed by atoms with Crippen molar-refractivity contribution in [3.8, 4) is 0 Å². The lowest BCUT2D eigenvalue weighted by Crippen LogP contribution is -2.35. The Labute approximate surface area is 127 Å². The van der Waals surface area contributed by atoms with Crippen LogP contribution in [0.5, 0.6) is 0 Å². The van der Waals surface area contributed by atoms with Gasteiger partial charge in [0.15, 0.2) is 0 Å². The van der Waals surface area contributed by atoms with Crippen molar-refractivity contribution in [1.82, 2.24) is 10.3 Å². The highest BCUT2D eigenvalue weighted by atomic mass is 15.2. The summed E-state index contributed by atoms with van der Waals surface area (Å²) in [4.78, 5) is 6.79. The number of likely N-dealkylation sites (N-methyl/N-ethyl adjacent to an activating group) is 1. The van der Waals surface area contributed by atoms with Crippen LogP contribution in [0.1, 0.15) is 26.3 Å². The molecule has 0 spiro atoms. The molecule has 0 saturated carbocycles. The van der Waals surface area contributed by atoms with Gasteiger partial charge in [0, 0.05) is 37.3 Å². The molecule has 1 aromatic heterocycles. The number of pyridine rings is 1. The van der Waals surface area contributed by atoms with Gasteiger partial charge in [0.05, 0.1) is 0 Å². The average Bonchev–Trinajstić information content (AvgIpc) is 2.44.